The van der Waals surface area contributed by atoms with Crippen LogP contribution in [0.2, 0.25) is 5.02 Å². The fourth-order valence-corrected chi connectivity index (χ4v) is 1.58. The number of hydrogen-bond donors (Lipinski definition) is 1. The van der Waals surface area contributed by atoms with Crippen LogP contribution in [-0.2, 0) is 6.42 Å². The zero-order valence-corrected chi connectivity index (χ0v) is 10.4. The van der Waals surface area contributed by atoms with E-state index in [9.17, 15) is 0 Å². The van der Waals surface area contributed by atoms with E-state index in [1.165, 1.54) is 0 Å². The molecule has 0 aliphatic carbocycles. The highest BCUT2D eigenvalue weighted by atomic mass is 35.5. The van der Waals surface area contributed by atoms with E-state index in [1.54, 1.807) is 13.2 Å². The van der Waals surface area contributed by atoms with E-state index in [4.69, 9.17) is 34.3 Å². The van der Waals surface area contributed by atoms with Crippen molar-refractivity contribution in [1.29, 1.82) is 0 Å². The summed E-state index contributed by atoms with van der Waals surface area (Å²) in [5, 5.41) is 0.692. The molecule has 1 aromatic carbocycles. The molecule has 1 unspecified atom stereocenters. The van der Waals surface area contributed by atoms with Gasteiger partial charge in [0.25, 0.3) is 0 Å². The molecule has 1 rings (SSSR count). The van der Waals surface area contributed by atoms with Crippen LogP contribution in [0.25, 0.3) is 0 Å². The van der Waals surface area contributed by atoms with Gasteiger partial charge in [-0.2, -0.15) is 0 Å². The molecule has 1 atom stereocenters. The van der Waals surface area contributed by atoms with E-state index in [1.807, 2.05) is 19.1 Å². The van der Waals surface area contributed by atoms with Crippen molar-refractivity contribution in [2.45, 2.75) is 13.3 Å². The fraction of sp³-hybridized carbons (Fsp3) is 0.364. The van der Waals surface area contributed by atoms with Gasteiger partial charge < -0.3 is 10.5 Å². The Bertz CT molecular complexity index is 368. The lowest BCUT2D eigenvalue weighted by molar-refractivity contribution is 0.414. The van der Waals surface area contributed by atoms with Crippen LogP contribution in [0.1, 0.15) is 12.5 Å². The molecule has 1 aromatic rings. The van der Waals surface area contributed by atoms with Crippen LogP contribution in [0.4, 0.5) is 0 Å². The highest BCUT2D eigenvalue weighted by Crippen LogP contribution is 2.24. The summed E-state index contributed by atoms with van der Waals surface area (Å²) >= 11 is 11.0. The third kappa shape index (κ3) is 3.36. The first kappa shape index (κ1) is 12.3. The monoisotopic (exact) mass is 243 g/mol. The number of hydrogen-bond acceptors (Lipinski definition) is 2. The van der Waals surface area contributed by atoms with Gasteiger partial charge in [0, 0.05) is 10.9 Å². The molecule has 4 heteroatoms. The summed E-state index contributed by atoms with van der Waals surface area (Å²) in [4.78, 5) is 0.516. The summed E-state index contributed by atoms with van der Waals surface area (Å²) in [7, 11) is 1.61. The molecule has 0 spiro atoms. The molecule has 0 aliphatic heterocycles. The molecular formula is C11H14ClNOS. The zero-order chi connectivity index (χ0) is 11.4. The normalized spacial score (nSPS) is 12.2. The molecule has 0 saturated heterocycles. The second kappa shape index (κ2) is 5.33. The molecular weight excluding hydrogens is 230 g/mol. The lowest BCUT2D eigenvalue weighted by Gasteiger charge is -2.11. The first-order valence-electron chi connectivity index (χ1n) is 4.66. The summed E-state index contributed by atoms with van der Waals surface area (Å²) in [6.07, 6.45) is 0.762. The molecule has 2 nitrogen and oxygen atoms in total. The van der Waals surface area contributed by atoms with Gasteiger partial charge in [-0.3, -0.25) is 0 Å². The van der Waals surface area contributed by atoms with Crippen molar-refractivity contribution >= 4 is 28.8 Å². The number of ether oxygens (including phenoxy) is 1. The van der Waals surface area contributed by atoms with Crippen molar-refractivity contribution in [3.05, 3.63) is 28.8 Å². The van der Waals surface area contributed by atoms with Crippen LogP contribution in [0.15, 0.2) is 18.2 Å². The number of methoxy groups -OCH3 is 1. The number of benzene rings is 1. The van der Waals surface area contributed by atoms with Gasteiger partial charge >= 0.3 is 0 Å². The average molecular weight is 244 g/mol. The molecule has 2 N–H and O–H groups in total. The predicted molar refractivity (Wildman–Crippen MR) is 67.7 cm³/mol. The van der Waals surface area contributed by atoms with E-state index in [0.29, 0.717) is 10.0 Å². The molecule has 0 radical (unpaired) electrons. The summed E-state index contributed by atoms with van der Waals surface area (Å²) in [5.74, 6) is 0.914. The predicted octanol–water partition coefficient (Wildman–Crippen LogP) is 2.81. The van der Waals surface area contributed by atoms with Gasteiger partial charge in [-0.25, -0.2) is 0 Å². The van der Waals surface area contributed by atoms with E-state index in [-0.39, 0.29) is 5.92 Å². The van der Waals surface area contributed by atoms with Crippen LogP contribution in [0.3, 0.4) is 0 Å². The molecule has 15 heavy (non-hydrogen) atoms. The second-order valence-electron chi connectivity index (χ2n) is 3.46. The summed E-state index contributed by atoms with van der Waals surface area (Å²) in [6, 6.07) is 5.62. The Hall–Kier alpha value is -0.800. The van der Waals surface area contributed by atoms with Gasteiger partial charge in [-0.1, -0.05) is 36.8 Å². The van der Waals surface area contributed by atoms with Gasteiger partial charge in [-0.05, 0) is 24.1 Å². The zero-order valence-electron chi connectivity index (χ0n) is 8.79. The maximum Gasteiger partial charge on any atom is 0.120 e. The lowest BCUT2D eigenvalue weighted by Crippen LogP contribution is -2.20. The number of nitrogens with two attached hydrogens (primary N) is 1. The lowest BCUT2D eigenvalue weighted by atomic mass is 10.0. The van der Waals surface area contributed by atoms with Gasteiger partial charge in [0.05, 0.1) is 12.1 Å². The van der Waals surface area contributed by atoms with Crippen molar-refractivity contribution in [3.8, 4) is 5.75 Å². The van der Waals surface area contributed by atoms with Crippen LogP contribution in [0.5, 0.6) is 5.75 Å². The fourth-order valence-electron chi connectivity index (χ4n) is 1.25. The molecule has 0 bridgehead atoms. The number of rotatable bonds is 4. The van der Waals surface area contributed by atoms with Crippen molar-refractivity contribution in [1.82, 2.24) is 0 Å². The highest BCUT2D eigenvalue weighted by Gasteiger charge is 2.09. The standard InChI is InChI=1S/C11H14ClNOS/c1-7(11(13)15)5-8-3-4-9(14-2)6-10(8)12/h3-4,6-7H,5H2,1-2H3,(H2,13,15). The van der Waals surface area contributed by atoms with E-state index in [0.717, 1.165) is 17.7 Å². The average Bonchev–Trinajstić information content (AvgIpc) is 2.20. The summed E-state index contributed by atoms with van der Waals surface area (Å²) < 4.78 is 5.07. The Morgan fingerprint density at radius 3 is 2.73 bits per heavy atom. The van der Waals surface area contributed by atoms with Crippen LogP contribution < -0.4 is 10.5 Å². The van der Waals surface area contributed by atoms with E-state index in [2.05, 4.69) is 0 Å². The molecule has 82 valence electrons. The molecule has 0 heterocycles. The second-order valence-corrected chi connectivity index (χ2v) is 4.34. The van der Waals surface area contributed by atoms with Crippen molar-refractivity contribution in [2.24, 2.45) is 11.7 Å². The molecule has 0 aromatic heterocycles. The highest BCUT2D eigenvalue weighted by molar-refractivity contribution is 7.80. The molecule has 0 saturated carbocycles. The molecule has 0 fully saturated rings. The summed E-state index contributed by atoms with van der Waals surface area (Å²) in [6.45, 7) is 1.99. The van der Waals surface area contributed by atoms with E-state index < -0.39 is 0 Å². The molecule has 0 amide bonds. The minimum absolute atomic E-state index is 0.158. The van der Waals surface area contributed by atoms with Crippen molar-refractivity contribution in [3.63, 3.8) is 0 Å². The minimum atomic E-state index is 0.158. The Labute approximate surface area is 100 Å². The van der Waals surface area contributed by atoms with Gasteiger partial charge in [-0.15, -0.1) is 0 Å². The van der Waals surface area contributed by atoms with Crippen LogP contribution in [-0.4, -0.2) is 12.1 Å². The van der Waals surface area contributed by atoms with Crippen LogP contribution >= 0.6 is 23.8 Å². The quantitative estimate of drug-likeness (QED) is 0.826. The topological polar surface area (TPSA) is 35.2 Å². The Balaban J connectivity index is 2.82. The Kier molecular flexibility index (Phi) is 4.36. The third-order valence-electron chi connectivity index (χ3n) is 2.27. The van der Waals surface area contributed by atoms with Gasteiger partial charge in [0.1, 0.15) is 5.75 Å². The first-order valence-corrected chi connectivity index (χ1v) is 5.45. The van der Waals surface area contributed by atoms with E-state index >= 15 is 0 Å². The van der Waals surface area contributed by atoms with Gasteiger partial charge in [0.2, 0.25) is 0 Å². The maximum absolute atomic E-state index is 6.09. The smallest absolute Gasteiger partial charge is 0.120 e. The maximum atomic E-state index is 6.09. The third-order valence-corrected chi connectivity index (χ3v) is 3.03. The van der Waals surface area contributed by atoms with Crippen molar-refractivity contribution < 1.29 is 4.74 Å². The van der Waals surface area contributed by atoms with Crippen molar-refractivity contribution in [2.75, 3.05) is 7.11 Å². The van der Waals surface area contributed by atoms with Gasteiger partial charge in [0.15, 0.2) is 0 Å². The number of thiocarbonyl (C=S) groups is 1. The largest absolute Gasteiger partial charge is 0.497 e. The Morgan fingerprint density at radius 1 is 1.60 bits per heavy atom. The summed E-state index contributed by atoms with van der Waals surface area (Å²) in [5.41, 5.74) is 6.59. The van der Waals surface area contributed by atoms with Crippen LogP contribution in [0, 0.1) is 5.92 Å². The minimum Gasteiger partial charge on any atom is -0.497 e. The first-order chi connectivity index (χ1) is 7.04. The Morgan fingerprint density at radius 2 is 2.27 bits per heavy atom. The number of halogens is 1. The SMILES string of the molecule is COc1ccc(CC(C)C(N)=S)c(Cl)c1. The molecule has 0 aliphatic rings.